The van der Waals surface area contributed by atoms with Crippen LogP contribution in [0.4, 0.5) is 0 Å². The lowest BCUT2D eigenvalue weighted by atomic mass is 10.1. The number of carbonyl (C=O) groups excluding carboxylic acids is 1. The Balaban J connectivity index is 1.59. The van der Waals surface area contributed by atoms with E-state index >= 15 is 0 Å². The van der Waals surface area contributed by atoms with Crippen molar-refractivity contribution in [3.8, 4) is 0 Å². The second-order valence-corrected chi connectivity index (χ2v) is 8.76. The Morgan fingerprint density at radius 3 is 2.31 bits per heavy atom. The van der Waals surface area contributed by atoms with Gasteiger partial charge in [-0.15, -0.1) is 0 Å². The van der Waals surface area contributed by atoms with Crippen LogP contribution >= 0.6 is 12.2 Å². The first-order chi connectivity index (χ1) is 12.2. The average molecular weight is 378 g/mol. The summed E-state index contributed by atoms with van der Waals surface area (Å²) in [5, 5.41) is 3.06. The highest BCUT2D eigenvalue weighted by Gasteiger charge is 2.26. The minimum absolute atomic E-state index is 0.146. The number of aryl methyl sites for hydroxylation is 1. The summed E-state index contributed by atoms with van der Waals surface area (Å²) in [6.07, 6.45) is 0. The predicted octanol–water partition coefficient (Wildman–Crippen LogP) is -0.635. The first-order valence-corrected chi connectivity index (χ1v) is 9.78. The van der Waals surface area contributed by atoms with Gasteiger partial charge in [-0.25, -0.2) is 0 Å². The lowest BCUT2D eigenvalue weighted by Gasteiger charge is -2.30. The molecule has 1 aromatic carbocycles. The van der Waals surface area contributed by atoms with Crippen molar-refractivity contribution in [2.24, 2.45) is 7.05 Å². The molecule has 7 heteroatoms. The van der Waals surface area contributed by atoms with Gasteiger partial charge in [0.2, 0.25) is 0 Å². The summed E-state index contributed by atoms with van der Waals surface area (Å²) in [6.45, 7) is 11.7. The van der Waals surface area contributed by atoms with E-state index in [9.17, 15) is 4.79 Å². The van der Waals surface area contributed by atoms with E-state index in [-0.39, 0.29) is 11.4 Å². The molecule has 1 fully saturated rings. The lowest BCUT2D eigenvalue weighted by molar-refractivity contribution is -1.02. The summed E-state index contributed by atoms with van der Waals surface area (Å²) in [5.74, 6) is 0.146. The van der Waals surface area contributed by atoms with E-state index in [4.69, 9.17) is 12.2 Å². The molecule has 1 saturated heterocycles. The third-order valence-corrected chi connectivity index (χ3v) is 5.52. The maximum atomic E-state index is 12.1. The molecule has 26 heavy (non-hydrogen) atoms. The van der Waals surface area contributed by atoms with Crippen molar-refractivity contribution in [1.29, 1.82) is 0 Å². The molecule has 2 aromatic rings. The summed E-state index contributed by atoms with van der Waals surface area (Å²) in [5.41, 5.74) is 2.22. The molecule has 0 saturated carbocycles. The Hall–Kier alpha value is -1.70. The van der Waals surface area contributed by atoms with E-state index in [2.05, 4.69) is 38.7 Å². The molecule has 6 nitrogen and oxygen atoms in total. The van der Waals surface area contributed by atoms with Gasteiger partial charge in [-0.2, -0.15) is 0 Å². The minimum atomic E-state index is -0.158. The number of carbonyl (C=O) groups is 1. The summed E-state index contributed by atoms with van der Waals surface area (Å²) < 4.78 is 5.21. The Kier molecular flexibility index (Phi) is 5.50. The van der Waals surface area contributed by atoms with Crippen LogP contribution in [0.15, 0.2) is 24.3 Å². The van der Waals surface area contributed by atoms with Crippen LogP contribution in [0.3, 0.4) is 0 Å². The molecule has 3 N–H and O–H groups in total. The molecular formula is C19H31N5OS+2. The highest BCUT2D eigenvalue weighted by Crippen LogP contribution is 2.15. The number of rotatable bonds is 4. The van der Waals surface area contributed by atoms with Crippen LogP contribution in [0.25, 0.3) is 11.0 Å². The number of quaternary nitrogens is 2. The smallest absolute Gasteiger partial charge is 0.275 e. The van der Waals surface area contributed by atoms with Gasteiger partial charge in [0.25, 0.3) is 5.91 Å². The van der Waals surface area contributed by atoms with Crippen molar-refractivity contribution in [3.63, 3.8) is 0 Å². The highest BCUT2D eigenvalue weighted by molar-refractivity contribution is 7.71. The molecule has 1 aliphatic heterocycles. The lowest BCUT2D eigenvalue weighted by Crippen LogP contribution is -3.28. The number of amides is 1. The van der Waals surface area contributed by atoms with Gasteiger partial charge in [0.1, 0.15) is 26.2 Å². The van der Waals surface area contributed by atoms with Crippen molar-refractivity contribution < 1.29 is 14.6 Å². The predicted molar refractivity (Wildman–Crippen MR) is 106 cm³/mol. The number of hydrogen-bond donors (Lipinski definition) is 3. The highest BCUT2D eigenvalue weighted by atomic mass is 32.1. The largest absolute Gasteiger partial charge is 0.347 e. The quantitative estimate of drug-likeness (QED) is 0.621. The number of fused-ring (bicyclic) bond motifs is 1. The zero-order chi connectivity index (χ0) is 18.9. The maximum Gasteiger partial charge on any atom is 0.275 e. The number of nitrogens with zero attached hydrogens (tertiary/aromatic N) is 2. The van der Waals surface area contributed by atoms with Gasteiger partial charge in [-0.1, -0.05) is 12.1 Å². The molecule has 142 valence electrons. The molecule has 0 unspecified atom stereocenters. The molecule has 1 aliphatic rings. The molecule has 0 atom stereocenters. The standard InChI is InChI=1S/C19H29N5OS/c1-19(2,3)20-17(25)13-22-9-11-23(12-10-22)14-24-16-8-6-5-7-15(16)21(4)18(24)26/h5-8H,9-14H2,1-4H3,(H,20,25)/p+2. The normalized spacial score (nSPS) is 21.1. The van der Waals surface area contributed by atoms with Gasteiger partial charge in [-0.3, -0.25) is 9.36 Å². The molecule has 0 bridgehead atoms. The number of piperazine rings is 1. The third-order valence-electron chi connectivity index (χ3n) is 5.02. The van der Waals surface area contributed by atoms with Crippen LogP contribution in [-0.2, 0) is 18.5 Å². The molecule has 0 aliphatic carbocycles. The van der Waals surface area contributed by atoms with Crippen LogP contribution in [0.1, 0.15) is 20.8 Å². The van der Waals surface area contributed by atoms with Crippen molar-refractivity contribution in [3.05, 3.63) is 29.0 Å². The molecule has 2 heterocycles. The van der Waals surface area contributed by atoms with E-state index in [1.807, 2.05) is 27.8 Å². The molecule has 1 aromatic heterocycles. The summed E-state index contributed by atoms with van der Waals surface area (Å²) in [7, 11) is 2.03. The topological polar surface area (TPSA) is 47.8 Å². The first kappa shape index (κ1) is 19.1. The van der Waals surface area contributed by atoms with E-state index in [0.29, 0.717) is 6.54 Å². The Bertz CT molecular complexity index is 840. The average Bonchev–Trinajstić information content (AvgIpc) is 2.80. The van der Waals surface area contributed by atoms with Gasteiger partial charge in [0.15, 0.2) is 18.0 Å². The second-order valence-electron chi connectivity index (χ2n) is 8.39. The maximum absolute atomic E-state index is 12.1. The zero-order valence-corrected chi connectivity index (χ0v) is 17.1. The van der Waals surface area contributed by atoms with Gasteiger partial charge >= 0.3 is 0 Å². The number of imidazole rings is 1. The van der Waals surface area contributed by atoms with Gasteiger partial charge in [0, 0.05) is 12.6 Å². The SMILES string of the molecule is Cn1c(=S)n(C[NH+]2CC[NH+](CC(=O)NC(C)(C)C)CC2)c2ccccc21. The second kappa shape index (κ2) is 7.50. The zero-order valence-electron chi connectivity index (χ0n) is 16.3. The molecule has 3 rings (SSSR count). The monoisotopic (exact) mass is 377 g/mol. The summed E-state index contributed by atoms with van der Waals surface area (Å²) in [6, 6.07) is 8.38. The van der Waals surface area contributed by atoms with E-state index in [1.54, 1.807) is 0 Å². The van der Waals surface area contributed by atoms with Gasteiger partial charge in [0.05, 0.1) is 11.0 Å². The number of para-hydroxylation sites is 2. The summed E-state index contributed by atoms with van der Waals surface area (Å²) >= 11 is 5.65. The van der Waals surface area contributed by atoms with Gasteiger partial charge in [-0.05, 0) is 45.1 Å². The van der Waals surface area contributed by atoms with Crippen LogP contribution in [0, 0.1) is 4.77 Å². The fraction of sp³-hybridized carbons (Fsp3) is 0.579. The van der Waals surface area contributed by atoms with Crippen molar-refractivity contribution in [2.45, 2.75) is 33.0 Å². The number of aromatic nitrogens is 2. The molecule has 0 radical (unpaired) electrons. The molecular weight excluding hydrogens is 346 g/mol. The fourth-order valence-corrected chi connectivity index (χ4v) is 3.98. The van der Waals surface area contributed by atoms with Crippen molar-refractivity contribution in [1.82, 2.24) is 14.5 Å². The minimum Gasteiger partial charge on any atom is -0.347 e. The van der Waals surface area contributed by atoms with Crippen molar-refractivity contribution >= 4 is 29.2 Å². The van der Waals surface area contributed by atoms with E-state index in [0.717, 1.165) is 37.6 Å². The van der Waals surface area contributed by atoms with Gasteiger partial charge < -0.3 is 19.7 Å². The number of nitrogens with one attached hydrogen (secondary N) is 3. The van der Waals surface area contributed by atoms with Crippen LogP contribution in [0.5, 0.6) is 0 Å². The Morgan fingerprint density at radius 2 is 1.69 bits per heavy atom. The fourth-order valence-electron chi connectivity index (χ4n) is 3.72. The van der Waals surface area contributed by atoms with Crippen LogP contribution in [-0.4, -0.2) is 53.3 Å². The van der Waals surface area contributed by atoms with E-state index < -0.39 is 0 Å². The van der Waals surface area contributed by atoms with Crippen LogP contribution in [0.2, 0.25) is 0 Å². The van der Waals surface area contributed by atoms with Crippen molar-refractivity contribution in [2.75, 3.05) is 32.7 Å². The first-order valence-electron chi connectivity index (χ1n) is 9.37. The number of hydrogen-bond acceptors (Lipinski definition) is 2. The molecule has 0 spiro atoms. The third kappa shape index (κ3) is 4.34. The Labute approximate surface area is 160 Å². The number of benzene rings is 1. The van der Waals surface area contributed by atoms with Crippen LogP contribution < -0.4 is 15.1 Å². The van der Waals surface area contributed by atoms with E-state index in [1.165, 1.54) is 20.8 Å². The molecule has 1 amide bonds. The Morgan fingerprint density at radius 1 is 1.12 bits per heavy atom. The summed E-state index contributed by atoms with van der Waals surface area (Å²) in [4.78, 5) is 15.0.